The first-order valence-corrected chi connectivity index (χ1v) is 13.0. The number of carbonyl (C=O) groups excluding carboxylic acids is 2. The average Bonchev–Trinajstić information content (AvgIpc) is 3.52. The Kier molecular flexibility index (Phi) is 7.53. The van der Waals surface area contributed by atoms with Gasteiger partial charge >= 0.3 is 5.97 Å². The zero-order valence-electron chi connectivity index (χ0n) is 19.6. The highest BCUT2D eigenvalue weighted by Crippen LogP contribution is 2.39. The number of esters is 1. The molecule has 7 nitrogen and oxygen atoms in total. The molecule has 3 aromatic rings. The molecular formula is C25H28N4O3S2. The fourth-order valence-corrected chi connectivity index (χ4v) is 6.06. The number of nitrogens with one attached hydrogen (secondary N) is 1. The second-order valence-corrected chi connectivity index (χ2v) is 10.4. The van der Waals surface area contributed by atoms with Crippen LogP contribution in [0.4, 0.5) is 5.00 Å². The summed E-state index contributed by atoms with van der Waals surface area (Å²) in [4.78, 5) is 26.2. The molecule has 1 aromatic carbocycles. The van der Waals surface area contributed by atoms with Gasteiger partial charge in [0.05, 0.1) is 18.4 Å². The second kappa shape index (κ2) is 10.6. The first kappa shape index (κ1) is 24.2. The van der Waals surface area contributed by atoms with Crippen LogP contribution in [-0.2, 0) is 28.9 Å². The van der Waals surface area contributed by atoms with E-state index in [1.165, 1.54) is 35.8 Å². The van der Waals surface area contributed by atoms with Crippen LogP contribution in [0.1, 0.15) is 52.5 Å². The summed E-state index contributed by atoms with van der Waals surface area (Å²) in [6.45, 7) is 8.70. The van der Waals surface area contributed by atoms with E-state index in [9.17, 15) is 9.59 Å². The molecule has 34 heavy (non-hydrogen) atoms. The second-order valence-electron chi connectivity index (χ2n) is 8.37. The van der Waals surface area contributed by atoms with Crippen molar-refractivity contribution in [2.75, 3.05) is 18.2 Å². The number of aromatic nitrogens is 3. The van der Waals surface area contributed by atoms with Gasteiger partial charge in [0.1, 0.15) is 5.00 Å². The molecule has 0 atom stereocenters. The van der Waals surface area contributed by atoms with E-state index >= 15 is 0 Å². The Morgan fingerprint density at radius 1 is 1.26 bits per heavy atom. The number of methoxy groups -OCH3 is 1. The lowest BCUT2D eigenvalue weighted by Gasteiger charge is -2.10. The van der Waals surface area contributed by atoms with Gasteiger partial charge in [0.2, 0.25) is 5.91 Å². The Labute approximate surface area is 207 Å². The number of thioether (sulfide) groups is 1. The standard InChI is InChI=1S/C25H28N4O3S2/c1-5-13-29-22(17-11-9-16(10-12-17)15(2)3)27-28-25(29)33-14-20(30)26-23-21(24(31)32-4)18-7-6-8-19(18)34-23/h5,9-12,15H,1,6-8,13-14H2,2-4H3,(H,26,30). The fourth-order valence-electron chi connectivity index (χ4n) is 4.02. The van der Waals surface area contributed by atoms with Crippen molar-refractivity contribution in [3.8, 4) is 11.4 Å². The maximum Gasteiger partial charge on any atom is 0.341 e. The van der Waals surface area contributed by atoms with Gasteiger partial charge in [-0.1, -0.05) is 56.0 Å². The normalized spacial score (nSPS) is 12.6. The predicted octanol–water partition coefficient (Wildman–Crippen LogP) is 5.32. The third-order valence-electron chi connectivity index (χ3n) is 5.76. The van der Waals surface area contributed by atoms with Crippen molar-refractivity contribution >= 4 is 40.0 Å². The van der Waals surface area contributed by atoms with Crippen molar-refractivity contribution in [2.45, 2.75) is 50.7 Å². The van der Waals surface area contributed by atoms with Crippen LogP contribution in [0.3, 0.4) is 0 Å². The number of nitrogens with zero attached hydrogens (tertiary/aromatic N) is 3. The molecule has 2 heterocycles. The van der Waals surface area contributed by atoms with Gasteiger partial charge < -0.3 is 10.1 Å². The van der Waals surface area contributed by atoms with Gasteiger partial charge in [-0.3, -0.25) is 9.36 Å². The van der Waals surface area contributed by atoms with Crippen molar-refractivity contribution < 1.29 is 14.3 Å². The van der Waals surface area contributed by atoms with E-state index in [4.69, 9.17) is 4.74 Å². The number of aryl methyl sites for hydroxylation is 1. The minimum absolute atomic E-state index is 0.144. The van der Waals surface area contributed by atoms with E-state index in [1.807, 2.05) is 16.7 Å². The van der Waals surface area contributed by atoms with Gasteiger partial charge in [-0.25, -0.2) is 4.79 Å². The molecule has 0 bridgehead atoms. The monoisotopic (exact) mass is 496 g/mol. The number of ether oxygens (including phenoxy) is 1. The number of benzene rings is 1. The van der Waals surface area contributed by atoms with E-state index in [0.717, 1.165) is 41.1 Å². The number of thiophene rings is 1. The maximum absolute atomic E-state index is 12.8. The molecule has 1 N–H and O–H groups in total. The largest absolute Gasteiger partial charge is 0.465 e. The first-order chi connectivity index (χ1) is 16.4. The summed E-state index contributed by atoms with van der Waals surface area (Å²) in [6.07, 6.45) is 4.58. The molecule has 2 aromatic heterocycles. The third kappa shape index (κ3) is 4.95. The number of rotatable bonds is 9. The smallest absolute Gasteiger partial charge is 0.341 e. The highest BCUT2D eigenvalue weighted by molar-refractivity contribution is 7.99. The van der Waals surface area contributed by atoms with Crippen LogP contribution in [0.5, 0.6) is 0 Å². The molecule has 178 valence electrons. The number of carbonyl (C=O) groups is 2. The Morgan fingerprint density at radius 2 is 2.03 bits per heavy atom. The molecule has 0 saturated carbocycles. The molecule has 1 aliphatic rings. The molecule has 0 radical (unpaired) electrons. The van der Waals surface area contributed by atoms with Crippen molar-refractivity contribution in [3.05, 3.63) is 58.5 Å². The molecule has 1 aliphatic carbocycles. The van der Waals surface area contributed by atoms with Crippen LogP contribution in [0, 0.1) is 0 Å². The lowest BCUT2D eigenvalue weighted by atomic mass is 10.0. The Balaban J connectivity index is 1.48. The average molecular weight is 497 g/mol. The molecule has 1 amide bonds. The van der Waals surface area contributed by atoms with Crippen molar-refractivity contribution in [3.63, 3.8) is 0 Å². The third-order valence-corrected chi connectivity index (χ3v) is 7.93. The van der Waals surface area contributed by atoms with E-state index in [0.29, 0.717) is 28.2 Å². The summed E-state index contributed by atoms with van der Waals surface area (Å²) in [6, 6.07) is 8.30. The highest BCUT2D eigenvalue weighted by atomic mass is 32.2. The van der Waals surface area contributed by atoms with Gasteiger partial charge in [0, 0.05) is 17.0 Å². The summed E-state index contributed by atoms with van der Waals surface area (Å²) in [5.74, 6) is 0.729. The van der Waals surface area contributed by atoms with Crippen molar-refractivity contribution in [1.29, 1.82) is 0 Å². The molecule has 0 saturated heterocycles. The maximum atomic E-state index is 12.8. The van der Waals surface area contributed by atoms with Crippen LogP contribution in [0.15, 0.2) is 42.1 Å². The summed E-state index contributed by atoms with van der Waals surface area (Å²) in [5, 5.41) is 12.8. The van der Waals surface area contributed by atoms with Gasteiger partial charge in [0.15, 0.2) is 11.0 Å². The first-order valence-electron chi connectivity index (χ1n) is 11.2. The predicted molar refractivity (Wildman–Crippen MR) is 137 cm³/mol. The molecule has 0 fully saturated rings. The van der Waals surface area contributed by atoms with E-state index in [-0.39, 0.29) is 11.7 Å². The Bertz CT molecular complexity index is 1210. The van der Waals surface area contributed by atoms with E-state index < -0.39 is 5.97 Å². The van der Waals surface area contributed by atoms with Crippen LogP contribution in [0.25, 0.3) is 11.4 Å². The van der Waals surface area contributed by atoms with E-state index in [2.05, 4.69) is 48.1 Å². The van der Waals surface area contributed by atoms with Gasteiger partial charge in [-0.2, -0.15) is 0 Å². The zero-order valence-corrected chi connectivity index (χ0v) is 21.2. The number of amides is 1. The van der Waals surface area contributed by atoms with Crippen molar-refractivity contribution in [2.24, 2.45) is 0 Å². The molecule has 9 heteroatoms. The van der Waals surface area contributed by atoms with Crippen molar-refractivity contribution in [1.82, 2.24) is 14.8 Å². The molecule has 0 spiro atoms. The number of hydrogen-bond donors (Lipinski definition) is 1. The number of hydrogen-bond acceptors (Lipinski definition) is 7. The van der Waals surface area contributed by atoms with Crippen LogP contribution < -0.4 is 5.32 Å². The van der Waals surface area contributed by atoms with Crippen LogP contribution in [-0.4, -0.2) is 39.5 Å². The quantitative estimate of drug-likeness (QED) is 0.245. The molecule has 0 aliphatic heterocycles. The summed E-state index contributed by atoms with van der Waals surface area (Å²) in [5.41, 5.74) is 3.74. The van der Waals surface area contributed by atoms with E-state index in [1.54, 1.807) is 6.08 Å². The van der Waals surface area contributed by atoms with Crippen LogP contribution >= 0.6 is 23.1 Å². The molecular weight excluding hydrogens is 468 g/mol. The Hall–Kier alpha value is -2.91. The topological polar surface area (TPSA) is 86.1 Å². The molecule has 0 unspecified atom stereocenters. The number of anilines is 1. The van der Waals surface area contributed by atoms with Gasteiger partial charge in [-0.05, 0) is 36.3 Å². The summed E-state index contributed by atoms with van der Waals surface area (Å²) < 4.78 is 6.91. The van der Waals surface area contributed by atoms with Gasteiger partial charge in [-0.15, -0.1) is 28.1 Å². The SMILES string of the molecule is C=CCn1c(SCC(=O)Nc2sc3c(c2C(=O)OC)CCC3)nnc1-c1ccc(C(C)C)cc1. The minimum Gasteiger partial charge on any atom is -0.465 e. The minimum atomic E-state index is -0.402. The zero-order chi connectivity index (χ0) is 24.2. The lowest BCUT2D eigenvalue weighted by Crippen LogP contribution is -2.16. The summed E-state index contributed by atoms with van der Waals surface area (Å²) >= 11 is 2.78. The highest BCUT2D eigenvalue weighted by Gasteiger charge is 2.28. The van der Waals surface area contributed by atoms with Crippen LogP contribution in [0.2, 0.25) is 0 Å². The number of fused-ring (bicyclic) bond motifs is 1. The summed E-state index contributed by atoms with van der Waals surface area (Å²) in [7, 11) is 1.36. The molecule has 4 rings (SSSR count). The van der Waals surface area contributed by atoms with Gasteiger partial charge in [0.25, 0.3) is 0 Å². The lowest BCUT2D eigenvalue weighted by molar-refractivity contribution is -0.113. The Morgan fingerprint density at radius 3 is 2.71 bits per heavy atom. The fraction of sp³-hybridized carbons (Fsp3) is 0.360. The number of allylic oxidation sites excluding steroid dienone is 1.